The summed E-state index contributed by atoms with van der Waals surface area (Å²) in [5, 5.41) is 0. The van der Waals surface area contributed by atoms with E-state index in [0.29, 0.717) is 19.3 Å². The molecule has 1 fully saturated rings. The summed E-state index contributed by atoms with van der Waals surface area (Å²) in [7, 11) is -5.45. The summed E-state index contributed by atoms with van der Waals surface area (Å²) in [6.45, 7) is 3.78. The fraction of sp³-hybridized carbons (Fsp3) is 1.00. The first-order valence-electron chi connectivity index (χ1n) is 5.03. The van der Waals surface area contributed by atoms with Crippen LogP contribution in [0.1, 0.15) is 39.5 Å². The van der Waals surface area contributed by atoms with Crippen LogP contribution in [-0.2, 0) is 14.3 Å². The summed E-state index contributed by atoms with van der Waals surface area (Å²) < 4.78 is 62.0. The van der Waals surface area contributed by atoms with Gasteiger partial charge in [0.1, 0.15) is 0 Å². The van der Waals surface area contributed by atoms with Crippen LogP contribution in [0.25, 0.3) is 0 Å². The lowest BCUT2D eigenvalue weighted by atomic mass is 9.76. The zero-order valence-corrected chi connectivity index (χ0v) is 9.99. The Labute approximate surface area is 93.1 Å². The maximum Gasteiger partial charge on any atom is 0.523 e. The third-order valence-corrected chi connectivity index (χ3v) is 3.80. The van der Waals surface area contributed by atoms with Crippen molar-refractivity contribution in [2.75, 3.05) is 0 Å². The molecule has 0 saturated heterocycles. The van der Waals surface area contributed by atoms with Crippen LogP contribution < -0.4 is 0 Å². The van der Waals surface area contributed by atoms with Crippen LogP contribution >= 0.6 is 0 Å². The van der Waals surface area contributed by atoms with E-state index < -0.39 is 21.7 Å². The summed E-state index contributed by atoms with van der Waals surface area (Å²) >= 11 is 0. The fourth-order valence-corrected chi connectivity index (χ4v) is 2.58. The molecule has 96 valence electrons. The van der Waals surface area contributed by atoms with Crippen molar-refractivity contribution in [1.82, 2.24) is 0 Å². The Hall–Kier alpha value is -0.300. The first-order valence-corrected chi connectivity index (χ1v) is 6.44. The molecule has 0 aliphatic heterocycles. The second kappa shape index (κ2) is 4.18. The number of rotatable bonds is 2. The highest BCUT2D eigenvalue weighted by atomic mass is 32.2. The van der Waals surface area contributed by atoms with Crippen molar-refractivity contribution in [3.8, 4) is 0 Å². The Morgan fingerprint density at radius 1 is 1.31 bits per heavy atom. The largest absolute Gasteiger partial charge is 0.523 e. The molecule has 1 unspecified atom stereocenters. The molecule has 1 atom stereocenters. The minimum absolute atomic E-state index is 0.163. The van der Waals surface area contributed by atoms with Crippen LogP contribution in [0.5, 0.6) is 0 Å². The van der Waals surface area contributed by atoms with Crippen molar-refractivity contribution in [1.29, 1.82) is 0 Å². The molecule has 16 heavy (non-hydrogen) atoms. The van der Waals surface area contributed by atoms with E-state index in [9.17, 15) is 21.6 Å². The minimum Gasteiger partial charge on any atom is -0.260 e. The van der Waals surface area contributed by atoms with Gasteiger partial charge < -0.3 is 0 Å². The number of halogens is 3. The maximum atomic E-state index is 12.1. The van der Waals surface area contributed by atoms with Gasteiger partial charge in [-0.05, 0) is 24.7 Å². The first-order chi connectivity index (χ1) is 7.04. The van der Waals surface area contributed by atoms with Crippen LogP contribution in [0, 0.1) is 5.41 Å². The van der Waals surface area contributed by atoms with Gasteiger partial charge in [-0.2, -0.15) is 21.6 Å². The van der Waals surface area contributed by atoms with Crippen LogP contribution in [0.2, 0.25) is 0 Å². The molecule has 1 aliphatic carbocycles. The van der Waals surface area contributed by atoms with Crippen molar-refractivity contribution in [2.24, 2.45) is 5.41 Å². The standard InChI is InChI=1S/C9H15F3O3S/c1-8(2)5-3-4-7(6-8)15-16(13,14)9(10,11)12/h7H,3-6H2,1-2H3. The van der Waals surface area contributed by atoms with Crippen molar-refractivity contribution in [2.45, 2.75) is 51.1 Å². The molecule has 0 bridgehead atoms. The van der Waals surface area contributed by atoms with E-state index in [0.717, 1.165) is 6.42 Å². The smallest absolute Gasteiger partial charge is 0.260 e. The highest BCUT2D eigenvalue weighted by Crippen LogP contribution is 2.38. The lowest BCUT2D eigenvalue weighted by molar-refractivity contribution is -0.0605. The van der Waals surface area contributed by atoms with E-state index in [1.807, 2.05) is 13.8 Å². The third-order valence-electron chi connectivity index (χ3n) is 2.71. The SMILES string of the molecule is CC1(C)CCCC(OS(=O)(=O)C(F)(F)F)C1. The molecule has 0 N–H and O–H groups in total. The van der Waals surface area contributed by atoms with Crippen molar-refractivity contribution in [3.05, 3.63) is 0 Å². The molecule has 0 amide bonds. The predicted octanol–water partition coefficient (Wildman–Crippen LogP) is 2.82. The zero-order chi connectivity index (χ0) is 12.6. The van der Waals surface area contributed by atoms with Gasteiger partial charge in [0.2, 0.25) is 0 Å². The molecule has 1 aliphatic rings. The lowest BCUT2D eigenvalue weighted by Gasteiger charge is -2.34. The van der Waals surface area contributed by atoms with E-state index >= 15 is 0 Å². The molecular weight excluding hydrogens is 245 g/mol. The summed E-state index contributed by atoms with van der Waals surface area (Å²) in [6, 6.07) is 0. The Morgan fingerprint density at radius 2 is 1.88 bits per heavy atom. The van der Waals surface area contributed by atoms with Crippen LogP contribution in [0.15, 0.2) is 0 Å². The van der Waals surface area contributed by atoms with Gasteiger partial charge in [0.15, 0.2) is 0 Å². The van der Waals surface area contributed by atoms with Gasteiger partial charge in [-0.25, -0.2) is 0 Å². The minimum atomic E-state index is -5.45. The van der Waals surface area contributed by atoms with E-state index in [1.165, 1.54) is 0 Å². The average Bonchev–Trinajstić information content (AvgIpc) is 1.98. The third kappa shape index (κ3) is 3.35. The number of alkyl halides is 3. The van der Waals surface area contributed by atoms with Gasteiger partial charge in [0.25, 0.3) is 0 Å². The highest BCUT2D eigenvalue weighted by molar-refractivity contribution is 7.87. The van der Waals surface area contributed by atoms with E-state index in [1.54, 1.807) is 0 Å². The summed E-state index contributed by atoms with van der Waals surface area (Å²) in [6.07, 6.45) is 1.40. The Morgan fingerprint density at radius 3 is 2.31 bits per heavy atom. The maximum absolute atomic E-state index is 12.1. The highest BCUT2D eigenvalue weighted by Gasteiger charge is 2.49. The number of hydrogen-bond donors (Lipinski definition) is 0. The Balaban J connectivity index is 2.69. The van der Waals surface area contributed by atoms with Crippen molar-refractivity contribution >= 4 is 10.1 Å². The fourth-order valence-electron chi connectivity index (χ4n) is 1.94. The molecule has 7 heteroatoms. The molecule has 0 aromatic carbocycles. The monoisotopic (exact) mass is 260 g/mol. The second-order valence-corrected chi connectivity index (χ2v) is 6.44. The van der Waals surface area contributed by atoms with Gasteiger partial charge in [0, 0.05) is 0 Å². The molecule has 0 heterocycles. The molecular formula is C9H15F3O3S. The van der Waals surface area contributed by atoms with Gasteiger partial charge in [0.05, 0.1) is 6.10 Å². The average molecular weight is 260 g/mol. The van der Waals surface area contributed by atoms with E-state index in [-0.39, 0.29) is 5.41 Å². The first kappa shape index (κ1) is 13.8. The summed E-state index contributed by atoms with van der Waals surface area (Å²) in [5.74, 6) is 0. The second-order valence-electron chi connectivity index (χ2n) is 4.88. The lowest BCUT2D eigenvalue weighted by Crippen LogP contribution is -2.34. The van der Waals surface area contributed by atoms with Gasteiger partial charge in [-0.1, -0.05) is 20.3 Å². The van der Waals surface area contributed by atoms with Gasteiger partial charge in [-0.15, -0.1) is 0 Å². The number of hydrogen-bond acceptors (Lipinski definition) is 3. The molecule has 0 radical (unpaired) electrons. The van der Waals surface area contributed by atoms with E-state index in [4.69, 9.17) is 0 Å². The van der Waals surface area contributed by atoms with Gasteiger partial charge in [-0.3, -0.25) is 4.18 Å². The molecule has 1 saturated carbocycles. The van der Waals surface area contributed by atoms with Gasteiger partial charge >= 0.3 is 15.6 Å². The van der Waals surface area contributed by atoms with Crippen LogP contribution in [0.4, 0.5) is 13.2 Å². The molecule has 0 spiro atoms. The molecule has 0 aromatic heterocycles. The molecule has 1 rings (SSSR count). The van der Waals surface area contributed by atoms with Crippen LogP contribution in [0.3, 0.4) is 0 Å². The molecule has 3 nitrogen and oxygen atoms in total. The quantitative estimate of drug-likeness (QED) is 0.566. The van der Waals surface area contributed by atoms with Crippen molar-refractivity contribution in [3.63, 3.8) is 0 Å². The normalized spacial score (nSPS) is 26.7. The van der Waals surface area contributed by atoms with Crippen LogP contribution in [-0.4, -0.2) is 20.0 Å². The zero-order valence-electron chi connectivity index (χ0n) is 9.17. The topological polar surface area (TPSA) is 43.4 Å². The van der Waals surface area contributed by atoms with E-state index in [2.05, 4.69) is 4.18 Å². The molecule has 0 aromatic rings. The summed E-state index contributed by atoms with van der Waals surface area (Å²) in [4.78, 5) is 0. The predicted molar refractivity (Wildman–Crippen MR) is 52.1 cm³/mol. The summed E-state index contributed by atoms with van der Waals surface area (Å²) in [5.41, 5.74) is -5.49. The Kier molecular flexibility index (Phi) is 3.59. The van der Waals surface area contributed by atoms with Crippen molar-refractivity contribution < 1.29 is 25.8 Å². The Bertz CT molecular complexity index is 346.